The quantitative estimate of drug-likeness (QED) is 0.804. The minimum absolute atomic E-state index is 0.397. The first-order valence-electron chi connectivity index (χ1n) is 5.42. The van der Waals surface area contributed by atoms with Gasteiger partial charge in [-0.15, -0.1) is 0 Å². The van der Waals surface area contributed by atoms with Gasteiger partial charge in [0.1, 0.15) is 0 Å². The Morgan fingerprint density at radius 3 is 2.73 bits per heavy atom. The highest BCUT2D eigenvalue weighted by Crippen LogP contribution is 2.29. The molecule has 0 radical (unpaired) electrons. The van der Waals surface area contributed by atoms with Crippen LogP contribution in [0.2, 0.25) is 0 Å². The van der Waals surface area contributed by atoms with E-state index in [-0.39, 0.29) is 0 Å². The molecule has 0 aromatic heterocycles. The monoisotopic (exact) mass is 204 g/mol. The smallest absolute Gasteiger partial charge is 0.310 e. The Morgan fingerprint density at radius 1 is 1.40 bits per heavy atom. The second kappa shape index (κ2) is 3.69. The Morgan fingerprint density at radius 2 is 2.07 bits per heavy atom. The molecule has 0 heterocycles. The third kappa shape index (κ3) is 1.89. The second-order valence-electron chi connectivity index (χ2n) is 4.60. The van der Waals surface area contributed by atoms with E-state index < -0.39 is 11.9 Å². The summed E-state index contributed by atoms with van der Waals surface area (Å²) in [5.41, 5.74) is 3.66. The SMILES string of the molecule is CC1Cc2ccc(C(C)C(=O)O)cc2C1. The lowest BCUT2D eigenvalue weighted by atomic mass is 9.97. The van der Waals surface area contributed by atoms with E-state index in [0.717, 1.165) is 18.4 Å². The molecule has 1 aromatic rings. The molecular formula is C13H16O2. The summed E-state index contributed by atoms with van der Waals surface area (Å²) in [6.07, 6.45) is 2.23. The molecule has 0 spiro atoms. The third-order valence-corrected chi connectivity index (χ3v) is 3.24. The first kappa shape index (κ1) is 10.2. The number of hydrogen-bond donors (Lipinski definition) is 1. The van der Waals surface area contributed by atoms with Gasteiger partial charge >= 0.3 is 5.97 Å². The van der Waals surface area contributed by atoms with Gasteiger partial charge in [-0.2, -0.15) is 0 Å². The van der Waals surface area contributed by atoms with Gasteiger partial charge in [-0.05, 0) is 42.4 Å². The van der Waals surface area contributed by atoms with Crippen LogP contribution < -0.4 is 0 Å². The molecule has 1 N–H and O–H groups in total. The van der Waals surface area contributed by atoms with Crippen LogP contribution in [0.15, 0.2) is 18.2 Å². The van der Waals surface area contributed by atoms with Gasteiger partial charge in [0, 0.05) is 0 Å². The summed E-state index contributed by atoms with van der Waals surface area (Å²) in [5.74, 6) is -0.442. The summed E-state index contributed by atoms with van der Waals surface area (Å²) in [4.78, 5) is 10.9. The molecule has 0 bridgehead atoms. The highest BCUT2D eigenvalue weighted by molar-refractivity contribution is 5.75. The Labute approximate surface area is 89.9 Å². The maximum atomic E-state index is 10.9. The van der Waals surface area contributed by atoms with Crippen LogP contribution >= 0.6 is 0 Å². The number of carbonyl (C=O) groups is 1. The van der Waals surface area contributed by atoms with E-state index >= 15 is 0 Å². The van der Waals surface area contributed by atoms with E-state index in [1.54, 1.807) is 6.92 Å². The fourth-order valence-corrected chi connectivity index (χ4v) is 2.27. The second-order valence-corrected chi connectivity index (χ2v) is 4.60. The van der Waals surface area contributed by atoms with Gasteiger partial charge in [-0.1, -0.05) is 25.1 Å². The van der Waals surface area contributed by atoms with Crippen LogP contribution in [0.4, 0.5) is 0 Å². The van der Waals surface area contributed by atoms with Crippen molar-refractivity contribution in [3.63, 3.8) is 0 Å². The lowest BCUT2D eigenvalue weighted by Gasteiger charge is -2.08. The van der Waals surface area contributed by atoms with Gasteiger partial charge in [0.2, 0.25) is 0 Å². The fourth-order valence-electron chi connectivity index (χ4n) is 2.27. The van der Waals surface area contributed by atoms with Crippen LogP contribution in [-0.4, -0.2) is 11.1 Å². The van der Waals surface area contributed by atoms with Gasteiger partial charge in [0.25, 0.3) is 0 Å². The minimum atomic E-state index is -0.749. The maximum absolute atomic E-state index is 10.9. The highest BCUT2D eigenvalue weighted by atomic mass is 16.4. The molecule has 1 aliphatic carbocycles. The van der Waals surface area contributed by atoms with Crippen LogP contribution in [-0.2, 0) is 17.6 Å². The molecule has 0 saturated heterocycles. The molecule has 0 amide bonds. The van der Waals surface area contributed by atoms with E-state index in [9.17, 15) is 4.79 Å². The van der Waals surface area contributed by atoms with E-state index in [0.29, 0.717) is 5.92 Å². The lowest BCUT2D eigenvalue weighted by Crippen LogP contribution is -2.07. The molecule has 2 atom stereocenters. The number of benzene rings is 1. The van der Waals surface area contributed by atoms with Crippen molar-refractivity contribution in [2.45, 2.75) is 32.6 Å². The normalized spacial score (nSPS) is 21.1. The predicted molar refractivity (Wildman–Crippen MR) is 59.1 cm³/mol. The molecule has 2 nitrogen and oxygen atoms in total. The number of fused-ring (bicyclic) bond motifs is 1. The highest BCUT2D eigenvalue weighted by Gasteiger charge is 2.20. The van der Waals surface area contributed by atoms with Crippen molar-refractivity contribution in [3.05, 3.63) is 34.9 Å². The minimum Gasteiger partial charge on any atom is -0.481 e. The number of rotatable bonds is 2. The van der Waals surface area contributed by atoms with Crippen LogP contribution in [0, 0.1) is 5.92 Å². The van der Waals surface area contributed by atoms with Crippen LogP contribution in [0.3, 0.4) is 0 Å². The number of hydrogen-bond acceptors (Lipinski definition) is 1. The molecule has 0 saturated carbocycles. The molecular weight excluding hydrogens is 188 g/mol. The van der Waals surface area contributed by atoms with E-state index in [1.807, 2.05) is 6.07 Å². The number of carboxylic acid groups (broad SMARTS) is 1. The summed E-state index contributed by atoms with van der Waals surface area (Å²) < 4.78 is 0. The van der Waals surface area contributed by atoms with Crippen molar-refractivity contribution in [2.24, 2.45) is 5.92 Å². The Kier molecular flexibility index (Phi) is 2.51. The number of carboxylic acids is 1. The van der Waals surface area contributed by atoms with Gasteiger partial charge in [-0.3, -0.25) is 4.79 Å². The molecule has 0 aliphatic heterocycles. The predicted octanol–water partition coefficient (Wildman–Crippen LogP) is 2.61. The Balaban J connectivity index is 2.31. The van der Waals surface area contributed by atoms with Crippen LogP contribution in [0.25, 0.3) is 0 Å². The van der Waals surface area contributed by atoms with Crippen molar-refractivity contribution < 1.29 is 9.90 Å². The fraction of sp³-hybridized carbons (Fsp3) is 0.462. The molecule has 2 rings (SSSR count). The maximum Gasteiger partial charge on any atom is 0.310 e. The largest absolute Gasteiger partial charge is 0.481 e. The van der Waals surface area contributed by atoms with Crippen molar-refractivity contribution in [1.29, 1.82) is 0 Å². The molecule has 2 heteroatoms. The zero-order valence-corrected chi connectivity index (χ0v) is 9.16. The van der Waals surface area contributed by atoms with Crippen molar-refractivity contribution in [2.75, 3.05) is 0 Å². The average Bonchev–Trinajstić information content (AvgIpc) is 2.55. The molecule has 1 aromatic carbocycles. The van der Waals surface area contributed by atoms with Crippen LogP contribution in [0.5, 0.6) is 0 Å². The lowest BCUT2D eigenvalue weighted by molar-refractivity contribution is -0.138. The summed E-state index contributed by atoms with van der Waals surface area (Å²) in [6.45, 7) is 3.97. The molecule has 80 valence electrons. The van der Waals surface area contributed by atoms with E-state index in [4.69, 9.17) is 5.11 Å². The Hall–Kier alpha value is -1.31. The summed E-state index contributed by atoms with van der Waals surface area (Å²) >= 11 is 0. The first-order chi connectivity index (χ1) is 7.08. The standard InChI is InChI=1S/C13H16O2/c1-8-5-11-4-3-10(7-12(11)6-8)9(2)13(14)15/h3-4,7-9H,5-6H2,1-2H3,(H,14,15). The molecule has 0 fully saturated rings. The van der Waals surface area contributed by atoms with Crippen molar-refractivity contribution in [1.82, 2.24) is 0 Å². The molecule has 1 aliphatic rings. The molecule has 15 heavy (non-hydrogen) atoms. The topological polar surface area (TPSA) is 37.3 Å². The van der Waals surface area contributed by atoms with E-state index in [2.05, 4.69) is 19.1 Å². The summed E-state index contributed by atoms with van der Waals surface area (Å²) in [7, 11) is 0. The zero-order chi connectivity index (χ0) is 11.0. The number of aliphatic carboxylic acids is 1. The zero-order valence-electron chi connectivity index (χ0n) is 9.16. The first-order valence-corrected chi connectivity index (χ1v) is 5.42. The van der Waals surface area contributed by atoms with Gasteiger partial charge in [0.15, 0.2) is 0 Å². The summed E-state index contributed by atoms with van der Waals surface area (Å²) in [5, 5.41) is 8.94. The molecule has 2 unspecified atom stereocenters. The van der Waals surface area contributed by atoms with Crippen molar-refractivity contribution in [3.8, 4) is 0 Å². The summed E-state index contributed by atoms with van der Waals surface area (Å²) in [6, 6.07) is 6.11. The van der Waals surface area contributed by atoms with Gasteiger partial charge in [-0.25, -0.2) is 0 Å². The third-order valence-electron chi connectivity index (χ3n) is 3.24. The van der Waals surface area contributed by atoms with Gasteiger partial charge < -0.3 is 5.11 Å². The Bertz CT molecular complexity index is 396. The average molecular weight is 204 g/mol. The van der Waals surface area contributed by atoms with Crippen molar-refractivity contribution >= 4 is 5.97 Å². The van der Waals surface area contributed by atoms with E-state index in [1.165, 1.54) is 11.1 Å². The van der Waals surface area contributed by atoms with Gasteiger partial charge in [0.05, 0.1) is 5.92 Å². The van der Waals surface area contributed by atoms with Crippen LogP contribution in [0.1, 0.15) is 36.5 Å².